The second-order valence-electron chi connectivity index (χ2n) is 3.74. The van der Waals surface area contributed by atoms with Crippen LogP contribution in [0.25, 0.3) is 0 Å². The van der Waals surface area contributed by atoms with Crippen molar-refractivity contribution in [3.63, 3.8) is 0 Å². The van der Waals surface area contributed by atoms with Crippen molar-refractivity contribution in [1.29, 1.82) is 0 Å². The third kappa shape index (κ3) is 3.96. The average molecular weight is 220 g/mol. The molecule has 0 aromatic heterocycles. The predicted octanol–water partition coefficient (Wildman–Crippen LogP) is 3.18. The Labute approximate surface area is 115 Å². The van der Waals surface area contributed by atoms with Gasteiger partial charge in [0, 0.05) is 0 Å². The summed E-state index contributed by atoms with van der Waals surface area (Å²) in [6, 6.07) is 18.4. The van der Waals surface area contributed by atoms with Crippen LogP contribution in [0.15, 0.2) is 54.6 Å². The van der Waals surface area contributed by atoms with E-state index in [0.717, 1.165) is 12.2 Å². The van der Waals surface area contributed by atoms with Crippen molar-refractivity contribution in [1.82, 2.24) is 0 Å². The third-order valence-electron chi connectivity index (χ3n) is 2.59. The first kappa shape index (κ1) is 13.9. The second kappa shape index (κ2) is 7.22. The van der Waals surface area contributed by atoms with E-state index in [9.17, 15) is 0 Å². The number of hydrogen-bond acceptors (Lipinski definition) is 1. The van der Waals surface area contributed by atoms with Crippen molar-refractivity contribution in [2.75, 3.05) is 0 Å². The molecule has 1 nitrogen and oxygen atoms in total. The van der Waals surface area contributed by atoms with Crippen molar-refractivity contribution >= 4 is 18.9 Å². The molecular weight excluding hydrogens is 203 g/mol. The first-order chi connectivity index (χ1) is 7.90. The van der Waals surface area contributed by atoms with Gasteiger partial charge in [-0.25, -0.2) is 0 Å². The van der Waals surface area contributed by atoms with E-state index in [1.807, 2.05) is 36.4 Å². The number of para-hydroxylation sites is 1. The van der Waals surface area contributed by atoms with Crippen molar-refractivity contribution in [2.24, 2.45) is 0 Å². The van der Waals surface area contributed by atoms with Gasteiger partial charge in [0.15, 0.2) is 0 Å². The molecule has 0 fully saturated rings. The molecule has 0 saturated heterocycles. The fourth-order valence-corrected chi connectivity index (χ4v) is 1.67. The Kier molecular flexibility index (Phi) is 5.90. The predicted molar refractivity (Wildman–Crippen MR) is 73.7 cm³/mol. The molecular formula is C15H17LiO. The van der Waals surface area contributed by atoms with E-state index in [1.165, 1.54) is 11.1 Å². The molecule has 0 saturated carbocycles. The van der Waals surface area contributed by atoms with Crippen LogP contribution in [0.5, 0.6) is 5.75 Å². The summed E-state index contributed by atoms with van der Waals surface area (Å²) in [6.45, 7) is 2.78. The summed E-state index contributed by atoms with van der Waals surface area (Å²) >= 11 is 0. The summed E-state index contributed by atoms with van der Waals surface area (Å²) in [5.41, 5.74) is 2.46. The van der Waals surface area contributed by atoms with Crippen LogP contribution in [0.1, 0.15) is 18.1 Å². The number of aryl methyl sites for hydroxylation is 1. The van der Waals surface area contributed by atoms with Crippen LogP contribution in [-0.2, 0) is 13.0 Å². The minimum absolute atomic E-state index is 0. The molecule has 84 valence electrons. The monoisotopic (exact) mass is 220 g/mol. The number of ether oxygens (including phenoxy) is 1. The summed E-state index contributed by atoms with van der Waals surface area (Å²) in [4.78, 5) is 0. The molecule has 2 aromatic carbocycles. The molecule has 0 atom stereocenters. The minimum atomic E-state index is 0. The Balaban J connectivity index is 0.00000144. The van der Waals surface area contributed by atoms with E-state index < -0.39 is 0 Å². The molecule has 0 amide bonds. The number of hydrogen-bond donors (Lipinski definition) is 0. The molecule has 2 heteroatoms. The standard InChI is InChI=1S/C15H16O.Li.H/c1-2-14-10-6-7-11-15(14)16-12-13-8-4-3-5-9-13;;/h3-11H,2,12H2,1H3;;. The molecule has 0 bridgehead atoms. The van der Waals surface area contributed by atoms with Gasteiger partial charge >= 0.3 is 18.9 Å². The summed E-state index contributed by atoms with van der Waals surface area (Å²) in [5, 5.41) is 0. The van der Waals surface area contributed by atoms with E-state index in [-0.39, 0.29) is 18.9 Å². The van der Waals surface area contributed by atoms with Gasteiger partial charge in [-0.15, -0.1) is 0 Å². The average Bonchev–Trinajstić information content (AvgIpc) is 2.38. The SMILES string of the molecule is CCc1ccccc1OCc1ccccc1.[LiH]. The first-order valence-corrected chi connectivity index (χ1v) is 5.65. The van der Waals surface area contributed by atoms with Crippen molar-refractivity contribution in [3.8, 4) is 5.75 Å². The van der Waals surface area contributed by atoms with E-state index in [4.69, 9.17) is 4.74 Å². The summed E-state index contributed by atoms with van der Waals surface area (Å²) in [6.07, 6.45) is 1.00. The van der Waals surface area contributed by atoms with Crippen LogP contribution in [0, 0.1) is 0 Å². The Hall–Kier alpha value is -1.16. The molecule has 0 unspecified atom stereocenters. The zero-order valence-corrected chi connectivity index (χ0v) is 9.52. The molecule has 0 aliphatic heterocycles. The Morgan fingerprint density at radius 2 is 1.53 bits per heavy atom. The summed E-state index contributed by atoms with van der Waals surface area (Å²) < 4.78 is 5.81. The fourth-order valence-electron chi connectivity index (χ4n) is 1.67. The molecule has 0 spiro atoms. The Bertz CT molecular complexity index is 440. The van der Waals surface area contributed by atoms with Crippen LogP contribution < -0.4 is 4.74 Å². The third-order valence-corrected chi connectivity index (χ3v) is 2.59. The molecule has 17 heavy (non-hydrogen) atoms. The maximum atomic E-state index is 5.81. The van der Waals surface area contributed by atoms with Gasteiger partial charge in [0.05, 0.1) is 0 Å². The molecule has 0 aliphatic rings. The number of benzene rings is 2. The second-order valence-corrected chi connectivity index (χ2v) is 3.74. The quantitative estimate of drug-likeness (QED) is 0.719. The fraction of sp³-hybridized carbons (Fsp3) is 0.200. The topological polar surface area (TPSA) is 9.23 Å². The molecule has 2 rings (SSSR count). The summed E-state index contributed by atoms with van der Waals surface area (Å²) in [5.74, 6) is 0.994. The Morgan fingerprint density at radius 3 is 2.24 bits per heavy atom. The van der Waals surface area contributed by atoms with Gasteiger partial charge in [-0.2, -0.15) is 0 Å². The zero-order valence-electron chi connectivity index (χ0n) is 9.52. The van der Waals surface area contributed by atoms with Gasteiger partial charge in [-0.1, -0.05) is 55.5 Å². The van der Waals surface area contributed by atoms with E-state index in [0.29, 0.717) is 6.61 Å². The van der Waals surface area contributed by atoms with Crippen LogP contribution in [0.3, 0.4) is 0 Å². The van der Waals surface area contributed by atoms with Crippen LogP contribution in [0.2, 0.25) is 0 Å². The van der Waals surface area contributed by atoms with Crippen LogP contribution >= 0.6 is 0 Å². The van der Waals surface area contributed by atoms with Crippen molar-refractivity contribution < 1.29 is 4.74 Å². The molecule has 0 heterocycles. The molecule has 0 N–H and O–H groups in total. The molecule has 2 aromatic rings. The summed E-state index contributed by atoms with van der Waals surface area (Å²) in [7, 11) is 0. The van der Waals surface area contributed by atoms with Gasteiger partial charge in [-0.3, -0.25) is 0 Å². The van der Waals surface area contributed by atoms with Gasteiger partial charge in [0.1, 0.15) is 12.4 Å². The first-order valence-electron chi connectivity index (χ1n) is 5.65. The normalized spacial score (nSPS) is 9.47. The van der Waals surface area contributed by atoms with Gasteiger partial charge in [0.25, 0.3) is 0 Å². The maximum absolute atomic E-state index is 5.81. The van der Waals surface area contributed by atoms with E-state index >= 15 is 0 Å². The molecule has 0 radical (unpaired) electrons. The van der Waals surface area contributed by atoms with Crippen molar-refractivity contribution in [3.05, 3.63) is 65.7 Å². The van der Waals surface area contributed by atoms with Crippen LogP contribution in [-0.4, -0.2) is 18.9 Å². The van der Waals surface area contributed by atoms with E-state index in [2.05, 4.69) is 25.1 Å². The Morgan fingerprint density at radius 1 is 0.882 bits per heavy atom. The number of rotatable bonds is 4. The van der Waals surface area contributed by atoms with Gasteiger partial charge in [-0.05, 0) is 23.6 Å². The van der Waals surface area contributed by atoms with E-state index in [1.54, 1.807) is 0 Å². The zero-order chi connectivity index (χ0) is 11.2. The molecule has 0 aliphatic carbocycles. The van der Waals surface area contributed by atoms with Gasteiger partial charge in [0.2, 0.25) is 0 Å². The van der Waals surface area contributed by atoms with Crippen LogP contribution in [0.4, 0.5) is 0 Å². The van der Waals surface area contributed by atoms with Gasteiger partial charge < -0.3 is 4.74 Å². The van der Waals surface area contributed by atoms with Crippen molar-refractivity contribution in [2.45, 2.75) is 20.0 Å².